The van der Waals surface area contributed by atoms with E-state index in [1.54, 1.807) is 17.2 Å². The maximum atomic E-state index is 12.5. The number of likely N-dealkylation sites (tertiary alicyclic amines) is 1. The number of aromatic nitrogens is 2. The maximum absolute atomic E-state index is 12.5. The Morgan fingerprint density at radius 2 is 1.77 bits per heavy atom. The van der Waals surface area contributed by atoms with Crippen molar-refractivity contribution in [2.45, 2.75) is 19.3 Å². The van der Waals surface area contributed by atoms with Crippen LogP contribution in [-0.2, 0) is 4.79 Å². The highest BCUT2D eigenvalue weighted by atomic mass is 16.2. The van der Waals surface area contributed by atoms with Crippen LogP contribution >= 0.6 is 0 Å². The highest BCUT2D eigenvalue weighted by Crippen LogP contribution is 2.15. The van der Waals surface area contributed by atoms with Crippen molar-refractivity contribution in [3.63, 3.8) is 0 Å². The molecule has 1 aromatic rings. The number of rotatable bonds is 3. The molecule has 0 saturated carbocycles. The Morgan fingerprint density at radius 1 is 1.05 bits per heavy atom. The number of piperidine rings is 1. The van der Waals surface area contributed by atoms with Crippen LogP contribution in [0.15, 0.2) is 12.3 Å². The van der Waals surface area contributed by atoms with E-state index in [1.165, 1.54) is 6.42 Å². The summed E-state index contributed by atoms with van der Waals surface area (Å²) in [5.74, 6) is 0.572. The Bertz CT molecular complexity index is 536. The van der Waals surface area contributed by atoms with E-state index in [-0.39, 0.29) is 5.91 Å². The topological polar surface area (TPSA) is 69.6 Å². The zero-order chi connectivity index (χ0) is 15.4. The van der Waals surface area contributed by atoms with Crippen molar-refractivity contribution in [3.8, 4) is 0 Å². The van der Waals surface area contributed by atoms with Gasteiger partial charge in [0.15, 0.2) is 0 Å². The predicted molar refractivity (Wildman–Crippen MR) is 81.6 cm³/mol. The van der Waals surface area contributed by atoms with E-state index in [9.17, 15) is 9.59 Å². The van der Waals surface area contributed by atoms with Gasteiger partial charge in [-0.25, -0.2) is 9.97 Å². The summed E-state index contributed by atoms with van der Waals surface area (Å²) in [6.45, 7) is 4.35. The van der Waals surface area contributed by atoms with Crippen LogP contribution in [0.5, 0.6) is 0 Å². The van der Waals surface area contributed by atoms with E-state index in [1.807, 2.05) is 9.80 Å². The molecule has 2 fully saturated rings. The van der Waals surface area contributed by atoms with Crippen LogP contribution in [0.1, 0.15) is 29.8 Å². The van der Waals surface area contributed by atoms with Crippen LogP contribution in [0.4, 0.5) is 5.95 Å². The van der Waals surface area contributed by atoms with Gasteiger partial charge in [-0.1, -0.05) is 0 Å². The molecule has 0 aliphatic carbocycles. The number of amides is 2. The number of piperazine rings is 1. The second-order valence-electron chi connectivity index (χ2n) is 5.72. The zero-order valence-corrected chi connectivity index (χ0v) is 12.6. The van der Waals surface area contributed by atoms with E-state index in [2.05, 4.69) is 9.97 Å². The van der Waals surface area contributed by atoms with Gasteiger partial charge in [0.05, 0.1) is 0 Å². The number of anilines is 1. The third-order valence-corrected chi connectivity index (χ3v) is 4.25. The molecule has 3 heterocycles. The second kappa shape index (κ2) is 6.72. The third-order valence-electron chi connectivity index (χ3n) is 4.25. The fourth-order valence-corrected chi connectivity index (χ4v) is 2.91. The van der Waals surface area contributed by atoms with Crippen LogP contribution in [0.3, 0.4) is 0 Å². The van der Waals surface area contributed by atoms with Crippen molar-refractivity contribution in [2.75, 3.05) is 44.2 Å². The minimum absolute atomic E-state index is 0.00474. The predicted octanol–water partition coefficient (Wildman–Crippen LogP) is 0.381. The summed E-state index contributed by atoms with van der Waals surface area (Å²) >= 11 is 0. The van der Waals surface area contributed by atoms with Crippen molar-refractivity contribution in [1.29, 1.82) is 0 Å². The minimum atomic E-state index is -0.00474. The van der Waals surface area contributed by atoms with Gasteiger partial charge in [-0.15, -0.1) is 0 Å². The monoisotopic (exact) mass is 303 g/mol. The smallest absolute Gasteiger partial charge is 0.272 e. The molecule has 2 aliphatic heterocycles. The van der Waals surface area contributed by atoms with Gasteiger partial charge in [-0.2, -0.15) is 0 Å². The van der Waals surface area contributed by atoms with Gasteiger partial charge in [-0.05, 0) is 25.3 Å². The summed E-state index contributed by atoms with van der Waals surface area (Å²) in [6.07, 6.45) is 5.84. The summed E-state index contributed by atoms with van der Waals surface area (Å²) < 4.78 is 0. The molecular weight excluding hydrogens is 282 g/mol. The molecule has 7 nitrogen and oxygen atoms in total. The van der Waals surface area contributed by atoms with Crippen molar-refractivity contribution in [1.82, 2.24) is 19.8 Å². The van der Waals surface area contributed by atoms with Crippen molar-refractivity contribution >= 4 is 18.3 Å². The Kier molecular flexibility index (Phi) is 4.50. The molecule has 2 saturated heterocycles. The molecule has 0 aromatic carbocycles. The van der Waals surface area contributed by atoms with E-state index in [4.69, 9.17) is 0 Å². The summed E-state index contributed by atoms with van der Waals surface area (Å²) in [5.41, 5.74) is 0.463. The number of carbonyl (C=O) groups is 2. The quantitative estimate of drug-likeness (QED) is 0.755. The Balaban J connectivity index is 1.69. The first-order valence-electron chi connectivity index (χ1n) is 7.84. The summed E-state index contributed by atoms with van der Waals surface area (Å²) in [6, 6.07) is 1.68. The lowest BCUT2D eigenvalue weighted by Crippen LogP contribution is -2.46. The number of hydrogen-bond donors (Lipinski definition) is 0. The average Bonchev–Trinajstić information content (AvgIpc) is 2.62. The van der Waals surface area contributed by atoms with E-state index in [0.29, 0.717) is 37.8 Å². The SMILES string of the molecule is O=CN1CCN(c2nccc(C(=O)N3CCCCC3)n2)CC1. The normalized spacial score (nSPS) is 19.2. The van der Waals surface area contributed by atoms with E-state index >= 15 is 0 Å². The molecule has 3 rings (SSSR count). The molecule has 2 aliphatic rings. The van der Waals surface area contributed by atoms with E-state index in [0.717, 1.165) is 32.3 Å². The first-order valence-corrected chi connectivity index (χ1v) is 7.84. The Morgan fingerprint density at radius 3 is 2.45 bits per heavy atom. The summed E-state index contributed by atoms with van der Waals surface area (Å²) in [7, 11) is 0. The highest BCUT2D eigenvalue weighted by Gasteiger charge is 2.22. The minimum Gasteiger partial charge on any atom is -0.342 e. The van der Waals surface area contributed by atoms with Gasteiger partial charge in [0.1, 0.15) is 5.69 Å². The van der Waals surface area contributed by atoms with Gasteiger partial charge in [0.25, 0.3) is 5.91 Å². The fraction of sp³-hybridized carbons (Fsp3) is 0.600. The van der Waals surface area contributed by atoms with Gasteiger partial charge in [0, 0.05) is 45.5 Å². The van der Waals surface area contributed by atoms with Crippen LogP contribution in [0, 0.1) is 0 Å². The zero-order valence-electron chi connectivity index (χ0n) is 12.6. The van der Waals surface area contributed by atoms with Crippen LogP contribution in [0.25, 0.3) is 0 Å². The molecule has 2 amide bonds. The van der Waals surface area contributed by atoms with Gasteiger partial charge in [0.2, 0.25) is 12.4 Å². The summed E-state index contributed by atoms with van der Waals surface area (Å²) in [4.78, 5) is 37.6. The Hall–Kier alpha value is -2.18. The molecule has 0 atom stereocenters. The molecule has 0 radical (unpaired) electrons. The van der Waals surface area contributed by atoms with Crippen LogP contribution in [0.2, 0.25) is 0 Å². The number of hydrogen-bond acceptors (Lipinski definition) is 5. The van der Waals surface area contributed by atoms with Crippen molar-refractivity contribution < 1.29 is 9.59 Å². The van der Waals surface area contributed by atoms with Crippen molar-refractivity contribution in [3.05, 3.63) is 18.0 Å². The Labute approximate surface area is 129 Å². The molecule has 0 bridgehead atoms. The fourth-order valence-electron chi connectivity index (χ4n) is 2.91. The third kappa shape index (κ3) is 3.18. The number of carbonyl (C=O) groups excluding carboxylic acids is 2. The average molecular weight is 303 g/mol. The molecule has 0 unspecified atom stereocenters. The maximum Gasteiger partial charge on any atom is 0.272 e. The molecule has 22 heavy (non-hydrogen) atoms. The standard InChI is InChI=1S/C15H21N5O2/c21-12-18-8-10-20(11-9-18)15-16-5-4-13(17-15)14(22)19-6-2-1-3-7-19/h4-5,12H,1-3,6-11H2. The highest BCUT2D eigenvalue weighted by molar-refractivity contribution is 5.92. The molecule has 1 aromatic heterocycles. The molecule has 7 heteroatoms. The lowest BCUT2D eigenvalue weighted by molar-refractivity contribution is -0.118. The number of nitrogens with zero attached hydrogens (tertiary/aromatic N) is 5. The second-order valence-corrected chi connectivity index (χ2v) is 5.72. The van der Waals surface area contributed by atoms with E-state index < -0.39 is 0 Å². The lowest BCUT2D eigenvalue weighted by atomic mass is 10.1. The largest absolute Gasteiger partial charge is 0.342 e. The molecule has 118 valence electrons. The first-order chi connectivity index (χ1) is 10.8. The molecule has 0 spiro atoms. The first kappa shape index (κ1) is 14.7. The van der Waals surface area contributed by atoms with Gasteiger partial charge >= 0.3 is 0 Å². The van der Waals surface area contributed by atoms with Crippen LogP contribution in [-0.4, -0.2) is 71.4 Å². The molecule has 0 N–H and O–H groups in total. The van der Waals surface area contributed by atoms with Crippen LogP contribution < -0.4 is 4.90 Å². The summed E-state index contributed by atoms with van der Waals surface area (Å²) in [5, 5.41) is 0. The van der Waals surface area contributed by atoms with Gasteiger partial charge < -0.3 is 14.7 Å². The lowest BCUT2D eigenvalue weighted by Gasteiger charge is -2.32. The molecular formula is C15H21N5O2. The van der Waals surface area contributed by atoms with Crippen molar-refractivity contribution in [2.24, 2.45) is 0 Å². The van der Waals surface area contributed by atoms with Gasteiger partial charge in [-0.3, -0.25) is 9.59 Å².